The first-order chi connectivity index (χ1) is 9.80. The smallest absolute Gasteiger partial charge is 0.0660 e. The molecular formula is C17H25N3. The summed E-state index contributed by atoms with van der Waals surface area (Å²) >= 11 is 0. The Kier molecular flexibility index (Phi) is 5.36. The summed E-state index contributed by atoms with van der Waals surface area (Å²) in [6.07, 6.45) is 8.39. The van der Waals surface area contributed by atoms with Crippen molar-refractivity contribution in [3.63, 3.8) is 0 Å². The van der Waals surface area contributed by atoms with Gasteiger partial charge < -0.3 is 11.1 Å². The number of benzene rings is 1. The number of nitrogens with two attached hydrogens (primary N) is 1. The first-order valence-corrected chi connectivity index (χ1v) is 7.53. The van der Waals surface area contributed by atoms with E-state index in [9.17, 15) is 0 Å². The number of rotatable bonds is 4. The molecule has 0 spiro atoms. The highest BCUT2D eigenvalue weighted by atomic mass is 14.9. The van der Waals surface area contributed by atoms with Crippen LogP contribution in [0, 0.1) is 0 Å². The normalized spacial score (nSPS) is 19.9. The van der Waals surface area contributed by atoms with Gasteiger partial charge in [0, 0.05) is 12.6 Å². The van der Waals surface area contributed by atoms with Crippen LogP contribution >= 0.6 is 0 Å². The second kappa shape index (κ2) is 7.25. The van der Waals surface area contributed by atoms with Crippen molar-refractivity contribution in [2.45, 2.75) is 38.6 Å². The molecule has 0 radical (unpaired) electrons. The lowest BCUT2D eigenvalue weighted by Crippen LogP contribution is -2.16. The van der Waals surface area contributed by atoms with E-state index in [0.29, 0.717) is 6.04 Å². The van der Waals surface area contributed by atoms with Crippen LogP contribution in [0.2, 0.25) is 0 Å². The maximum atomic E-state index is 5.53. The van der Waals surface area contributed by atoms with Gasteiger partial charge >= 0.3 is 0 Å². The highest BCUT2D eigenvalue weighted by Gasteiger charge is 2.17. The number of aliphatic imine (C=N–C) groups is 1. The summed E-state index contributed by atoms with van der Waals surface area (Å²) in [6.45, 7) is 2.82. The number of nitrogens with one attached hydrogen (secondary N) is 1. The summed E-state index contributed by atoms with van der Waals surface area (Å²) in [7, 11) is 2.05. The third-order valence-electron chi connectivity index (χ3n) is 3.93. The maximum absolute atomic E-state index is 5.53. The standard InChI is InChI=1S/C17H25N3/c1-3-20-16(10-11-18)14-8-9-15-13(12-14)6-4-5-7-17(15)19-2/h8-12,17,19H,3-7,18H2,1-2H3/b11-10-,20-16?. The topological polar surface area (TPSA) is 50.4 Å². The van der Waals surface area contributed by atoms with E-state index in [0.717, 1.165) is 18.7 Å². The van der Waals surface area contributed by atoms with Gasteiger partial charge in [-0.05, 0) is 68.3 Å². The van der Waals surface area contributed by atoms with Crippen LogP contribution in [0.3, 0.4) is 0 Å². The largest absolute Gasteiger partial charge is 0.405 e. The van der Waals surface area contributed by atoms with Crippen LogP contribution in [0.1, 0.15) is 48.9 Å². The van der Waals surface area contributed by atoms with Gasteiger partial charge in [0.05, 0.1) is 5.71 Å². The molecule has 1 aliphatic rings. The average Bonchev–Trinajstić information content (AvgIpc) is 2.68. The van der Waals surface area contributed by atoms with Crippen molar-refractivity contribution in [2.24, 2.45) is 10.7 Å². The van der Waals surface area contributed by atoms with Crippen LogP contribution < -0.4 is 11.1 Å². The molecule has 2 rings (SSSR count). The second-order valence-electron chi connectivity index (χ2n) is 5.22. The van der Waals surface area contributed by atoms with Gasteiger partial charge in [0.2, 0.25) is 0 Å². The summed E-state index contributed by atoms with van der Waals surface area (Å²) in [4.78, 5) is 4.53. The van der Waals surface area contributed by atoms with Gasteiger partial charge in [0.1, 0.15) is 0 Å². The summed E-state index contributed by atoms with van der Waals surface area (Å²) < 4.78 is 0. The van der Waals surface area contributed by atoms with Crippen molar-refractivity contribution >= 4 is 5.71 Å². The van der Waals surface area contributed by atoms with E-state index in [1.54, 1.807) is 6.20 Å². The Bertz CT molecular complexity index is 503. The van der Waals surface area contributed by atoms with Crippen LogP contribution in [0.25, 0.3) is 0 Å². The molecule has 0 aliphatic heterocycles. The molecule has 0 aromatic heterocycles. The number of hydrogen-bond acceptors (Lipinski definition) is 3. The van der Waals surface area contributed by atoms with E-state index in [2.05, 4.69) is 35.6 Å². The van der Waals surface area contributed by atoms with Crippen LogP contribution in [0.15, 0.2) is 35.5 Å². The fourth-order valence-corrected chi connectivity index (χ4v) is 2.94. The molecule has 20 heavy (non-hydrogen) atoms. The minimum Gasteiger partial charge on any atom is -0.405 e. The van der Waals surface area contributed by atoms with Crippen molar-refractivity contribution in [2.75, 3.05) is 13.6 Å². The first kappa shape index (κ1) is 14.8. The van der Waals surface area contributed by atoms with Crippen LogP contribution in [-0.2, 0) is 6.42 Å². The molecule has 0 bridgehead atoms. The predicted octanol–water partition coefficient (Wildman–Crippen LogP) is 2.95. The molecule has 108 valence electrons. The predicted molar refractivity (Wildman–Crippen MR) is 86.2 cm³/mol. The number of fused-ring (bicyclic) bond motifs is 1. The molecule has 1 aromatic carbocycles. The molecule has 0 saturated heterocycles. The Labute approximate surface area is 122 Å². The van der Waals surface area contributed by atoms with Crippen molar-refractivity contribution in [1.82, 2.24) is 5.32 Å². The zero-order chi connectivity index (χ0) is 14.4. The SMILES string of the molecule is CCN=C(/C=C\N)c1ccc2c(c1)CCCCC2NC. The monoisotopic (exact) mass is 271 g/mol. The Morgan fingerprint density at radius 2 is 2.30 bits per heavy atom. The van der Waals surface area contributed by atoms with Crippen molar-refractivity contribution in [3.05, 3.63) is 47.2 Å². The van der Waals surface area contributed by atoms with E-state index in [1.165, 1.54) is 36.0 Å². The van der Waals surface area contributed by atoms with E-state index in [-0.39, 0.29) is 0 Å². The van der Waals surface area contributed by atoms with Crippen LogP contribution in [-0.4, -0.2) is 19.3 Å². The Morgan fingerprint density at radius 1 is 1.45 bits per heavy atom. The van der Waals surface area contributed by atoms with Gasteiger partial charge in [0.25, 0.3) is 0 Å². The molecule has 0 fully saturated rings. The molecule has 3 nitrogen and oxygen atoms in total. The quantitative estimate of drug-likeness (QED) is 0.653. The molecular weight excluding hydrogens is 246 g/mol. The zero-order valence-corrected chi connectivity index (χ0v) is 12.5. The second-order valence-corrected chi connectivity index (χ2v) is 5.22. The lowest BCUT2D eigenvalue weighted by molar-refractivity contribution is 0.533. The van der Waals surface area contributed by atoms with Gasteiger partial charge in [-0.15, -0.1) is 0 Å². The Hall–Kier alpha value is -1.61. The molecule has 3 heteroatoms. The summed E-state index contributed by atoms with van der Waals surface area (Å²) in [5, 5.41) is 3.43. The molecule has 1 atom stereocenters. The summed E-state index contributed by atoms with van der Waals surface area (Å²) in [5.74, 6) is 0. The highest BCUT2D eigenvalue weighted by Crippen LogP contribution is 2.29. The lowest BCUT2D eigenvalue weighted by atomic mass is 9.95. The highest BCUT2D eigenvalue weighted by molar-refractivity contribution is 6.08. The zero-order valence-electron chi connectivity index (χ0n) is 12.5. The van der Waals surface area contributed by atoms with Crippen LogP contribution in [0.4, 0.5) is 0 Å². The average molecular weight is 271 g/mol. The third kappa shape index (κ3) is 3.28. The number of hydrogen-bond donors (Lipinski definition) is 2. The molecule has 0 saturated carbocycles. The Balaban J connectivity index is 2.39. The van der Waals surface area contributed by atoms with Gasteiger partial charge in [-0.1, -0.05) is 18.6 Å². The molecule has 1 aliphatic carbocycles. The van der Waals surface area contributed by atoms with E-state index >= 15 is 0 Å². The van der Waals surface area contributed by atoms with Gasteiger partial charge in [0.15, 0.2) is 0 Å². The van der Waals surface area contributed by atoms with Crippen molar-refractivity contribution in [3.8, 4) is 0 Å². The number of aryl methyl sites for hydroxylation is 1. The van der Waals surface area contributed by atoms with Crippen molar-refractivity contribution in [1.29, 1.82) is 0 Å². The molecule has 0 heterocycles. The summed E-state index contributed by atoms with van der Waals surface area (Å²) in [5.41, 5.74) is 10.6. The minimum atomic E-state index is 0.484. The molecule has 3 N–H and O–H groups in total. The van der Waals surface area contributed by atoms with Gasteiger partial charge in [-0.2, -0.15) is 0 Å². The first-order valence-electron chi connectivity index (χ1n) is 7.53. The van der Waals surface area contributed by atoms with E-state index in [1.807, 2.05) is 13.0 Å². The number of allylic oxidation sites excluding steroid dienone is 1. The fraction of sp³-hybridized carbons (Fsp3) is 0.471. The van der Waals surface area contributed by atoms with Gasteiger partial charge in [-0.25, -0.2) is 0 Å². The Morgan fingerprint density at radius 3 is 3.00 bits per heavy atom. The fourth-order valence-electron chi connectivity index (χ4n) is 2.94. The third-order valence-corrected chi connectivity index (χ3v) is 3.93. The summed E-state index contributed by atoms with van der Waals surface area (Å²) in [6, 6.07) is 7.20. The lowest BCUT2D eigenvalue weighted by Gasteiger charge is -2.17. The number of nitrogens with zero attached hydrogens (tertiary/aromatic N) is 1. The van der Waals surface area contributed by atoms with Gasteiger partial charge in [-0.3, -0.25) is 4.99 Å². The van der Waals surface area contributed by atoms with Crippen molar-refractivity contribution < 1.29 is 0 Å². The van der Waals surface area contributed by atoms with Crippen LogP contribution in [0.5, 0.6) is 0 Å². The molecule has 0 amide bonds. The maximum Gasteiger partial charge on any atom is 0.0660 e. The molecule has 1 unspecified atom stereocenters. The molecule has 1 aromatic rings. The van der Waals surface area contributed by atoms with E-state index in [4.69, 9.17) is 5.73 Å². The van der Waals surface area contributed by atoms with E-state index < -0.39 is 0 Å². The minimum absolute atomic E-state index is 0.484.